The highest BCUT2D eigenvalue weighted by Crippen LogP contribution is 2.12. The number of benzene rings is 1. The van der Waals surface area contributed by atoms with E-state index in [4.69, 9.17) is 4.74 Å². The molecule has 8 heteroatoms. The van der Waals surface area contributed by atoms with Gasteiger partial charge in [0.15, 0.2) is 5.82 Å². The lowest BCUT2D eigenvalue weighted by molar-refractivity contribution is 0.0955. The zero-order chi connectivity index (χ0) is 19.1. The highest BCUT2D eigenvalue weighted by molar-refractivity contribution is 5.94. The van der Waals surface area contributed by atoms with Crippen LogP contribution in [0.25, 0.3) is 5.82 Å². The van der Waals surface area contributed by atoms with Crippen molar-refractivity contribution in [3.63, 3.8) is 0 Å². The normalized spacial score (nSPS) is 10.4. The molecule has 140 valence electrons. The molecule has 0 fully saturated rings. The monoisotopic (exact) mass is 366 g/mol. The Labute approximate surface area is 157 Å². The molecular formula is C19H22N6O2. The highest BCUT2D eigenvalue weighted by atomic mass is 16.5. The van der Waals surface area contributed by atoms with Gasteiger partial charge >= 0.3 is 0 Å². The first-order valence-electron chi connectivity index (χ1n) is 8.77. The highest BCUT2D eigenvalue weighted by Gasteiger charge is 2.05. The largest absolute Gasteiger partial charge is 0.494 e. The van der Waals surface area contributed by atoms with E-state index in [2.05, 4.69) is 25.9 Å². The Morgan fingerprint density at radius 3 is 2.52 bits per heavy atom. The van der Waals surface area contributed by atoms with Gasteiger partial charge < -0.3 is 15.4 Å². The van der Waals surface area contributed by atoms with Gasteiger partial charge in [-0.2, -0.15) is 5.10 Å². The molecule has 3 rings (SSSR count). The summed E-state index contributed by atoms with van der Waals surface area (Å²) in [5.41, 5.74) is 1.51. The van der Waals surface area contributed by atoms with Crippen LogP contribution < -0.4 is 15.4 Å². The predicted molar refractivity (Wildman–Crippen MR) is 102 cm³/mol. The number of rotatable bonds is 8. The summed E-state index contributed by atoms with van der Waals surface area (Å²) in [5.74, 6) is 1.91. The van der Waals surface area contributed by atoms with Crippen LogP contribution in [-0.2, 0) is 0 Å². The summed E-state index contributed by atoms with van der Waals surface area (Å²) in [6, 6.07) is 12.6. The molecular weight excluding hydrogens is 344 g/mol. The van der Waals surface area contributed by atoms with E-state index in [1.165, 1.54) is 0 Å². The fourth-order valence-electron chi connectivity index (χ4n) is 2.42. The van der Waals surface area contributed by atoms with Gasteiger partial charge in [0, 0.05) is 24.8 Å². The number of hydrogen-bond acceptors (Lipinski definition) is 6. The number of aromatic nitrogens is 4. The number of hydrogen-bond donors (Lipinski definition) is 2. The summed E-state index contributed by atoms with van der Waals surface area (Å²) in [7, 11) is 0. The van der Waals surface area contributed by atoms with Crippen LogP contribution in [0.2, 0.25) is 0 Å². The molecule has 27 heavy (non-hydrogen) atoms. The summed E-state index contributed by atoms with van der Waals surface area (Å²) in [6.07, 6.45) is 1.84. The Kier molecular flexibility index (Phi) is 5.98. The maximum atomic E-state index is 12.1. The lowest BCUT2D eigenvalue weighted by Gasteiger charge is -2.08. The molecule has 0 aliphatic heterocycles. The standard InChI is InChI=1S/C19H22N6O2/c1-3-27-16-6-4-15(5-7-16)19(26)21-12-11-20-17-8-9-18(23-22-17)25-13-10-14(2)24-25/h4-10,13H,3,11-12H2,1-2H3,(H,20,22)(H,21,26). The molecule has 2 aromatic heterocycles. The Balaban J connectivity index is 1.43. The number of amides is 1. The fourth-order valence-corrected chi connectivity index (χ4v) is 2.42. The van der Waals surface area contributed by atoms with Crippen LogP contribution in [-0.4, -0.2) is 45.6 Å². The van der Waals surface area contributed by atoms with E-state index >= 15 is 0 Å². The van der Waals surface area contributed by atoms with Crippen LogP contribution in [0.15, 0.2) is 48.7 Å². The first-order valence-corrected chi connectivity index (χ1v) is 8.77. The van der Waals surface area contributed by atoms with Gasteiger partial charge in [-0.3, -0.25) is 4.79 Å². The molecule has 0 saturated carbocycles. The maximum absolute atomic E-state index is 12.1. The van der Waals surface area contributed by atoms with Gasteiger partial charge in [-0.25, -0.2) is 4.68 Å². The number of carbonyl (C=O) groups excluding carboxylic acids is 1. The molecule has 1 aromatic carbocycles. The van der Waals surface area contributed by atoms with Crippen LogP contribution in [0.3, 0.4) is 0 Å². The SMILES string of the molecule is CCOc1ccc(C(=O)NCCNc2ccc(-n3ccc(C)n3)nn2)cc1. The summed E-state index contributed by atoms with van der Waals surface area (Å²) in [6.45, 7) is 5.44. The molecule has 8 nitrogen and oxygen atoms in total. The Morgan fingerprint density at radius 1 is 1.07 bits per heavy atom. The van der Waals surface area contributed by atoms with E-state index in [0.29, 0.717) is 36.9 Å². The van der Waals surface area contributed by atoms with Crippen molar-refractivity contribution >= 4 is 11.7 Å². The molecule has 2 N–H and O–H groups in total. The summed E-state index contributed by atoms with van der Waals surface area (Å²) in [5, 5.41) is 18.5. The van der Waals surface area contributed by atoms with E-state index in [0.717, 1.165) is 11.4 Å². The minimum atomic E-state index is -0.129. The van der Waals surface area contributed by atoms with Crippen LogP contribution >= 0.6 is 0 Å². The van der Waals surface area contributed by atoms with E-state index < -0.39 is 0 Å². The van der Waals surface area contributed by atoms with Crippen molar-refractivity contribution in [2.75, 3.05) is 25.0 Å². The molecule has 2 heterocycles. The molecule has 0 aliphatic carbocycles. The summed E-state index contributed by atoms with van der Waals surface area (Å²) >= 11 is 0. The lowest BCUT2D eigenvalue weighted by Crippen LogP contribution is -2.28. The zero-order valence-electron chi connectivity index (χ0n) is 15.3. The van der Waals surface area contributed by atoms with Gasteiger partial charge in [-0.1, -0.05) is 0 Å². The van der Waals surface area contributed by atoms with Crippen molar-refractivity contribution in [3.8, 4) is 11.6 Å². The summed E-state index contributed by atoms with van der Waals surface area (Å²) < 4.78 is 7.04. The quantitative estimate of drug-likeness (QED) is 0.594. The van der Waals surface area contributed by atoms with Gasteiger partial charge in [0.25, 0.3) is 5.91 Å². The minimum Gasteiger partial charge on any atom is -0.494 e. The third kappa shape index (κ3) is 5.04. The first-order chi connectivity index (χ1) is 13.2. The van der Waals surface area contributed by atoms with Crippen LogP contribution in [0.1, 0.15) is 23.0 Å². The smallest absolute Gasteiger partial charge is 0.251 e. The third-order valence-electron chi connectivity index (χ3n) is 3.75. The van der Waals surface area contributed by atoms with E-state index in [1.54, 1.807) is 28.9 Å². The maximum Gasteiger partial charge on any atom is 0.251 e. The van der Waals surface area contributed by atoms with Gasteiger partial charge in [0.05, 0.1) is 12.3 Å². The minimum absolute atomic E-state index is 0.129. The molecule has 0 aliphatic rings. The average molecular weight is 366 g/mol. The number of carbonyl (C=O) groups is 1. The molecule has 0 atom stereocenters. The van der Waals surface area contributed by atoms with Crippen molar-refractivity contribution in [3.05, 3.63) is 59.9 Å². The van der Waals surface area contributed by atoms with Crippen molar-refractivity contribution < 1.29 is 9.53 Å². The second-order valence-electron chi connectivity index (χ2n) is 5.82. The van der Waals surface area contributed by atoms with Crippen LogP contribution in [0.5, 0.6) is 5.75 Å². The first kappa shape index (κ1) is 18.4. The number of nitrogens with zero attached hydrogens (tertiary/aromatic N) is 4. The van der Waals surface area contributed by atoms with Crippen LogP contribution in [0.4, 0.5) is 5.82 Å². The van der Waals surface area contributed by atoms with Crippen molar-refractivity contribution in [1.29, 1.82) is 0 Å². The van der Waals surface area contributed by atoms with Crippen molar-refractivity contribution in [2.24, 2.45) is 0 Å². The number of anilines is 1. The zero-order valence-corrected chi connectivity index (χ0v) is 15.3. The second kappa shape index (κ2) is 8.79. The summed E-state index contributed by atoms with van der Waals surface area (Å²) in [4.78, 5) is 12.1. The third-order valence-corrected chi connectivity index (χ3v) is 3.75. The van der Waals surface area contributed by atoms with Gasteiger partial charge in [0.1, 0.15) is 11.6 Å². The number of aryl methyl sites for hydroxylation is 1. The van der Waals surface area contributed by atoms with E-state index in [9.17, 15) is 4.79 Å². The Bertz CT molecular complexity index is 874. The van der Waals surface area contributed by atoms with Gasteiger partial charge in [0.2, 0.25) is 0 Å². The predicted octanol–water partition coefficient (Wildman–Crippen LogP) is 2.21. The van der Waals surface area contributed by atoms with E-state index in [1.807, 2.05) is 38.2 Å². The van der Waals surface area contributed by atoms with Gasteiger partial charge in [-0.15, -0.1) is 10.2 Å². The Hall–Kier alpha value is -3.42. The Morgan fingerprint density at radius 2 is 1.89 bits per heavy atom. The molecule has 0 spiro atoms. The lowest BCUT2D eigenvalue weighted by atomic mass is 10.2. The average Bonchev–Trinajstić information content (AvgIpc) is 3.13. The van der Waals surface area contributed by atoms with E-state index in [-0.39, 0.29) is 5.91 Å². The van der Waals surface area contributed by atoms with Crippen LogP contribution in [0, 0.1) is 6.92 Å². The second-order valence-corrected chi connectivity index (χ2v) is 5.82. The fraction of sp³-hybridized carbons (Fsp3) is 0.263. The van der Waals surface area contributed by atoms with Crippen molar-refractivity contribution in [1.82, 2.24) is 25.3 Å². The topological polar surface area (TPSA) is 94.0 Å². The van der Waals surface area contributed by atoms with Gasteiger partial charge in [-0.05, 0) is 56.3 Å². The number of ether oxygens (including phenoxy) is 1. The molecule has 0 saturated heterocycles. The molecule has 1 amide bonds. The van der Waals surface area contributed by atoms with Crippen molar-refractivity contribution in [2.45, 2.75) is 13.8 Å². The number of nitrogens with one attached hydrogen (secondary N) is 2. The molecule has 0 bridgehead atoms. The molecule has 0 radical (unpaired) electrons. The molecule has 0 unspecified atom stereocenters. The molecule has 3 aromatic rings.